The summed E-state index contributed by atoms with van der Waals surface area (Å²) in [5.41, 5.74) is 8.77. The number of carbonyl (C=O) groups excluding carboxylic acids is 1. The van der Waals surface area contributed by atoms with Crippen LogP contribution in [0.1, 0.15) is 29.4 Å². The summed E-state index contributed by atoms with van der Waals surface area (Å²) in [5.74, 6) is 0.404. The van der Waals surface area contributed by atoms with Crippen molar-refractivity contribution >= 4 is 11.7 Å². The Hall–Kier alpha value is -2.45. The molecule has 27 heavy (non-hydrogen) atoms. The second kappa shape index (κ2) is 8.49. The average Bonchev–Trinajstić information content (AvgIpc) is 3.15. The number of aromatic amines is 1. The number of rotatable bonds is 6. The van der Waals surface area contributed by atoms with Gasteiger partial charge in [-0.3, -0.25) is 4.79 Å². The van der Waals surface area contributed by atoms with Crippen molar-refractivity contribution in [3.63, 3.8) is 0 Å². The molecule has 1 saturated heterocycles. The van der Waals surface area contributed by atoms with Gasteiger partial charge in [0.25, 0.3) is 5.91 Å². The first-order valence-electron chi connectivity index (χ1n) is 9.12. The van der Waals surface area contributed by atoms with Crippen molar-refractivity contribution in [1.82, 2.24) is 15.3 Å². The van der Waals surface area contributed by atoms with E-state index < -0.39 is 6.17 Å². The molecular weight excluding hydrogens is 349 g/mol. The largest absolute Gasteiger partial charge is 0.378 e. The number of halogens is 1. The zero-order valence-electron chi connectivity index (χ0n) is 15.6. The number of anilines is 1. The van der Waals surface area contributed by atoms with Crippen molar-refractivity contribution in [3.8, 4) is 11.1 Å². The van der Waals surface area contributed by atoms with E-state index in [2.05, 4.69) is 20.6 Å². The molecule has 0 spiro atoms. The predicted molar refractivity (Wildman–Crippen MR) is 102 cm³/mol. The lowest BCUT2D eigenvalue weighted by molar-refractivity contribution is 0.0285. The lowest BCUT2D eigenvalue weighted by Gasteiger charge is -2.27. The van der Waals surface area contributed by atoms with E-state index in [-0.39, 0.29) is 24.6 Å². The van der Waals surface area contributed by atoms with Gasteiger partial charge in [0.2, 0.25) is 0 Å². The first-order valence-corrected chi connectivity index (χ1v) is 9.12. The molecule has 146 valence electrons. The van der Waals surface area contributed by atoms with Gasteiger partial charge in [0.1, 0.15) is 17.7 Å². The molecule has 3 atom stereocenters. The summed E-state index contributed by atoms with van der Waals surface area (Å²) in [6.45, 7) is 4.81. The van der Waals surface area contributed by atoms with Crippen LogP contribution in [-0.4, -0.2) is 53.9 Å². The molecule has 3 rings (SSSR count). The quantitative estimate of drug-likeness (QED) is 0.618. The van der Waals surface area contributed by atoms with Crippen LogP contribution in [0.25, 0.3) is 11.1 Å². The standard InChI is InChI=1S/C19H26FN5O2/c1-11-8-23-18(25-16-3-4-27-10-15(16)20)6-14(11)13-5-17(22-9-13)19(26)24-12(2)7-21/h5-6,8-9,12,15-16,22H,3-4,7,10,21H2,1-2H3,(H,23,25)(H,24,26)/t12-,15+,16+/m0/s1. The fourth-order valence-corrected chi connectivity index (χ4v) is 3.01. The Morgan fingerprint density at radius 3 is 3.07 bits per heavy atom. The second-order valence-electron chi connectivity index (χ2n) is 6.93. The van der Waals surface area contributed by atoms with Gasteiger partial charge < -0.3 is 26.1 Å². The zero-order chi connectivity index (χ0) is 19.4. The van der Waals surface area contributed by atoms with Crippen LogP contribution in [0.2, 0.25) is 0 Å². The summed E-state index contributed by atoms with van der Waals surface area (Å²) in [6.07, 6.45) is 3.06. The van der Waals surface area contributed by atoms with Gasteiger partial charge in [-0.25, -0.2) is 9.37 Å². The highest BCUT2D eigenvalue weighted by Crippen LogP contribution is 2.27. The fraction of sp³-hybridized carbons (Fsp3) is 0.474. The summed E-state index contributed by atoms with van der Waals surface area (Å²) >= 11 is 0. The Labute approximate surface area is 157 Å². The Kier molecular flexibility index (Phi) is 6.08. The number of amides is 1. The first-order chi connectivity index (χ1) is 13.0. The normalized spacial score (nSPS) is 20.9. The van der Waals surface area contributed by atoms with Gasteiger partial charge in [0.15, 0.2) is 0 Å². The van der Waals surface area contributed by atoms with Crippen molar-refractivity contribution in [1.29, 1.82) is 0 Å². The third-order valence-electron chi connectivity index (χ3n) is 4.69. The molecule has 2 aromatic rings. The molecule has 0 saturated carbocycles. The molecule has 8 heteroatoms. The maximum Gasteiger partial charge on any atom is 0.267 e. The number of nitrogens with zero attached hydrogens (tertiary/aromatic N) is 1. The number of pyridine rings is 1. The summed E-state index contributed by atoms with van der Waals surface area (Å²) in [5, 5.41) is 5.98. The van der Waals surface area contributed by atoms with Crippen LogP contribution in [0, 0.1) is 6.92 Å². The molecule has 1 fully saturated rings. The molecule has 7 nitrogen and oxygen atoms in total. The maximum atomic E-state index is 14.0. The van der Waals surface area contributed by atoms with E-state index in [4.69, 9.17) is 10.5 Å². The molecule has 0 aromatic carbocycles. The van der Waals surface area contributed by atoms with E-state index >= 15 is 0 Å². The van der Waals surface area contributed by atoms with Crippen LogP contribution in [0.3, 0.4) is 0 Å². The number of hydrogen-bond donors (Lipinski definition) is 4. The summed E-state index contributed by atoms with van der Waals surface area (Å²) in [7, 11) is 0. The molecule has 3 heterocycles. The van der Waals surface area contributed by atoms with Crippen molar-refractivity contribution in [2.45, 2.75) is 38.5 Å². The molecule has 5 N–H and O–H groups in total. The molecule has 0 aliphatic carbocycles. The number of ether oxygens (including phenoxy) is 1. The molecule has 1 aliphatic rings. The molecular formula is C19H26FN5O2. The Balaban J connectivity index is 1.77. The van der Waals surface area contributed by atoms with E-state index in [1.54, 1.807) is 18.5 Å². The molecule has 1 aliphatic heterocycles. The maximum absolute atomic E-state index is 14.0. The van der Waals surface area contributed by atoms with Crippen LogP contribution >= 0.6 is 0 Å². The van der Waals surface area contributed by atoms with Crippen LogP contribution in [0.4, 0.5) is 10.2 Å². The SMILES string of the molecule is Cc1cnc(N[C@@H]2CCOC[C@H]2F)cc1-c1c[nH]c(C(=O)N[C@@H](C)CN)c1. The minimum absolute atomic E-state index is 0.101. The van der Waals surface area contributed by atoms with Crippen LogP contribution in [0.5, 0.6) is 0 Å². The molecule has 1 amide bonds. The Bertz CT molecular complexity index is 794. The minimum Gasteiger partial charge on any atom is -0.378 e. The predicted octanol–water partition coefficient (Wildman–Crippen LogP) is 2.00. The zero-order valence-corrected chi connectivity index (χ0v) is 15.6. The van der Waals surface area contributed by atoms with Gasteiger partial charge in [0, 0.05) is 37.2 Å². The van der Waals surface area contributed by atoms with Crippen molar-refractivity contribution < 1.29 is 13.9 Å². The van der Waals surface area contributed by atoms with Crippen molar-refractivity contribution in [3.05, 3.63) is 35.8 Å². The second-order valence-corrected chi connectivity index (χ2v) is 6.93. The molecule has 0 bridgehead atoms. The van der Waals surface area contributed by atoms with Crippen LogP contribution in [-0.2, 0) is 4.74 Å². The van der Waals surface area contributed by atoms with Gasteiger partial charge in [-0.05, 0) is 43.5 Å². The minimum atomic E-state index is -1.06. The van der Waals surface area contributed by atoms with Gasteiger partial charge in [0.05, 0.1) is 12.6 Å². The van der Waals surface area contributed by atoms with E-state index in [1.165, 1.54) is 0 Å². The summed E-state index contributed by atoms with van der Waals surface area (Å²) in [4.78, 5) is 19.6. The summed E-state index contributed by atoms with van der Waals surface area (Å²) in [6, 6.07) is 3.25. The lowest BCUT2D eigenvalue weighted by Crippen LogP contribution is -2.39. The number of aromatic nitrogens is 2. The number of nitrogens with two attached hydrogens (primary N) is 1. The Morgan fingerprint density at radius 2 is 2.33 bits per heavy atom. The van der Waals surface area contributed by atoms with Crippen LogP contribution in [0.15, 0.2) is 24.5 Å². The van der Waals surface area contributed by atoms with Gasteiger partial charge in [-0.2, -0.15) is 0 Å². The van der Waals surface area contributed by atoms with Crippen LogP contribution < -0.4 is 16.4 Å². The highest BCUT2D eigenvalue weighted by atomic mass is 19.1. The number of carbonyl (C=O) groups is 1. The third-order valence-corrected chi connectivity index (χ3v) is 4.69. The third kappa shape index (κ3) is 4.64. The number of H-pyrrole nitrogens is 1. The average molecular weight is 375 g/mol. The highest BCUT2D eigenvalue weighted by molar-refractivity contribution is 5.94. The molecule has 2 aromatic heterocycles. The van der Waals surface area contributed by atoms with Gasteiger partial charge >= 0.3 is 0 Å². The highest BCUT2D eigenvalue weighted by Gasteiger charge is 2.25. The number of nitrogens with one attached hydrogen (secondary N) is 3. The number of alkyl halides is 1. The van der Waals surface area contributed by atoms with E-state index in [1.807, 2.05) is 19.9 Å². The van der Waals surface area contributed by atoms with Crippen molar-refractivity contribution in [2.24, 2.45) is 5.73 Å². The van der Waals surface area contributed by atoms with E-state index in [9.17, 15) is 9.18 Å². The number of aryl methyl sites for hydroxylation is 1. The molecule has 0 radical (unpaired) electrons. The summed E-state index contributed by atoms with van der Waals surface area (Å²) < 4.78 is 19.1. The molecule has 0 unspecified atom stereocenters. The van der Waals surface area contributed by atoms with Gasteiger partial charge in [-0.1, -0.05) is 0 Å². The first kappa shape index (κ1) is 19.3. The monoisotopic (exact) mass is 375 g/mol. The van der Waals surface area contributed by atoms with E-state index in [0.29, 0.717) is 31.1 Å². The van der Waals surface area contributed by atoms with Gasteiger partial charge in [-0.15, -0.1) is 0 Å². The fourth-order valence-electron chi connectivity index (χ4n) is 3.01. The smallest absolute Gasteiger partial charge is 0.267 e. The topological polar surface area (TPSA) is 105 Å². The lowest BCUT2D eigenvalue weighted by atomic mass is 10.0. The van der Waals surface area contributed by atoms with E-state index in [0.717, 1.165) is 16.7 Å². The Morgan fingerprint density at radius 1 is 1.52 bits per heavy atom. The number of hydrogen-bond acceptors (Lipinski definition) is 5. The van der Waals surface area contributed by atoms with Crippen molar-refractivity contribution in [2.75, 3.05) is 25.1 Å².